The summed E-state index contributed by atoms with van der Waals surface area (Å²) in [5.41, 5.74) is 0.875. The van der Waals surface area contributed by atoms with Crippen LogP contribution in [-0.4, -0.2) is 30.3 Å². The van der Waals surface area contributed by atoms with Crippen molar-refractivity contribution >= 4 is 23.5 Å². The van der Waals surface area contributed by atoms with Gasteiger partial charge in [-0.1, -0.05) is 26.0 Å². The van der Waals surface area contributed by atoms with Crippen molar-refractivity contribution in [2.75, 3.05) is 19.4 Å². The van der Waals surface area contributed by atoms with Crippen molar-refractivity contribution < 1.29 is 4.79 Å². The molecule has 88 valence electrons. The van der Waals surface area contributed by atoms with Gasteiger partial charge in [0.05, 0.1) is 5.69 Å². The second-order valence-electron chi connectivity index (χ2n) is 3.99. The summed E-state index contributed by atoms with van der Waals surface area (Å²) < 4.78 is 0. The molecule has 1 rings (SSSR count). The normalized spacial score (nSPS) is 10.3. The Hall–Kier alpha value is -1.16. The molecule has 3 nitrogen and oxygen atoms in total. The van der Waals surface area contributed by atoms with Gasteiger partial charge in [-0.2, -0.15) is 0 Å². The minimum atomic E-state index is -0.100. The highest BCUT2D eigenvalue weighted by Gasteiger charge is 2.08. The summed E-state index contributed by atoms with van der Waals surface area (Å²) in [5, 5.41) is 3.38. The molecule has 1 N–H and O–H groups in total. The van der Waals surface area contributed by atoms with Crippen LogP contribution in [0.1, 0.15) is 13.8 Å². The lowest BCUT2D eigenvalue weighted by molar-refractivity contribution is 0.230. The maximum Gasteiger partial charge on any atom is 0.321 e. The predicted octanol–water partition coefficient (Wildman–Crippen LogP) is 3.28. The van der Waals surface area contributed by atoms with E-state index < -0.39 is 0 Å². The van der Waals surface area contributed by atoms with Crippen LogP contribution in [0.3, 0.4) is 0 Å². The molecule has 0 unspecified atom stereocenters. The van der Waals surface area contributed by atoms with Gasteiger partial charge in [-0.05, 0) is 12.1 Å². The second kappa shape index (κ2) is 5.80. The van der Waals surface area contributed by atoms with E-state index in [2.05, 4.69) is 19.2 Å². The summed E-state index contributed by atoms with van der Waals surface area (Å²) in [6.07, 6.45) is 0. The fourth-order valence-corrected chi connectivity index (χ4v) is 2.06. The first-order valence-electron chi connectivity index (χ1n) is 5.24. The van der Waals surface area contributed by atoms with Crippen molar-refractivity contribution in [3.05, 3.63) is 24.3 Å². The molecule has 0 saturated carbocycles. The van der Waals surface area contributed by atoms with E-state index in [4.69, 9.17) is 0 Å². The Kier molecular flexibility index (Phi) is 4.68. The summed E-state index contributed by atoms with van der Waals surface area (Å²) in [6, 6.07) is 7.75. The Morgan fingerprint density at radius 2 is 1.94 bits per heavy atom. The second-order valence-corrected chi connectivity index (χ2v) is 5.61. The van der Waals surface area contributed by atoms with Gasteiger partial charge in [0, 0.05) is 24.2 Å². The fraction of sp³-hybridized carbons (Fsp3) is 0.417. The van der Waals surface area contributed by atoms with Crippen molar-refractivity contribution in [2.45, 2.75) is 24.0 Å². The molecule has 0 saturated heterocycles. The molecule has 0 fully saturated rings. The van der Waals surface area contributed by atoms with E-state index >= 15 is 0 Å². The molecule has 0 spiro atoms. The lowest BCUT2D eigenvalue weighted by Crippen LogP contribution is -2.27. The number of benzene rings is 1. The van der Waals surface area contributed by atoms with E-state index in [0.29, 0.717) is 5.25 Å². The zero-order valence-corrected chi connectivity index (χ0v) is 11.0. The quantitative estimate of drug-likeness (QED) is 0.820. The number of carbonyl (C=O) groups excluding carboxylic acids is 1. The van der Waals surface area contributed by atoms with Gasteiger partial charge in [0.1, 0.15) is 0 Å². The maximum absolute atomic E-state index is 11.6. The van der Waals surface area contributed by atoms with E-state index in [0.717, 1.165) is 10.6 Å². The number of anilines is 1. The van der Waals surface area contributed by atoms with Crippen molar-refractivity contribution in [3.63, 3.8) is 0 Å². The highest BCUT2D eigenvalue weighted by atomic mass is 32.2. The molecule has 0 atom stereocenters. The molecule has 0 aliphatic heterocycles. The highest BCUT2D eigenvalue weighted by Crippen LogP contribution is 2.30. The van der Waals surface area contributed by atoms with Gasteiger partial charge in [-0.3, -0.25) is 0 Å². The third kappa shape index (κ3) is 3.77. The van der Waals surface area contributed by atoms with Crippen LogP contribution in [0.15, 0.2) is 29.2 Å². The number of nitrogens with zero attached hydrogens (tertiary/aromatic N) is 1. The molecule has 0 aromatic heterocycles. The van der Waals surface area contributed by atoms with E-state index in [1.54, 1.807) is 25.9 Å². The first-order chi connectivity index (χ1) is 7.50. The SMILES string of the molecule is CC(C)Sc1ccccc1NC(=O)N(C)C. The van der Waals surface area contributed by atoms with E-state index in [9.17, 15) is 4.79 Å². The lowest BCUT2D eigenvalue weighted by Gasteiger charge is -2.15. The number of para-hydroxylation sites is 1. The van der Waals surface area contributed by atoms with Crippen LogP contribution in [0, 0.1) is 0 Å². The van der Waals surface area contributed by atoms with E-state index in [1.165, 1.54) is 4.90 Å². The van der Waals surface area contributed by atoms with Gasteiger partial charge in [0.15, 0.2) is 0 Å². The third-order valence-corrected chi connectivity index (χ3v) is 2.98. The van der Waals surface area contributed by atoms with Crippen LogP contribution in [0.4, 0.5) is 10.5 Å². The minimum absolute atomic E-state index is 0.100. The summed E-state index contributed by atoms with van der Waals surface area (Å²) in [7, 11) is 3.46. The molecule has 1 aromatic carbocycles. The van der Waals surface area contributed by atoms with Gasteiger partial charge >= 0.3 is 6.03 Å². The third-order valence-electron chi connectivity index (χ3n) is 1.90. The molecule has 1 aromatic rings. The van der Waals surface area contributed by atoms with Crippen molar-refractivity contribution in [1.29, 1.82) is 0 Å². The highest BCUT2D eigenvalue weighted by molar-refractivity contribution is 8.00. The van der Waals surface area contributed by atoms with Gasteiger partial charge in [0.25, 0.3) is 0 Å². The Morgan fingerprint density at radius 3 is 2.50 bits per heavy atom. The largest absolute Gasteiger partial charge is 0.331 e. The van der Waals surface area contributed by atoms with Gasteiger partial charge in [-0.25, -0.2) is 4.79 Å². The van der Waals surface area contributed by atoms with E-state index in [1.807, 2.05) is 24.3 Å². The topological polar surface area (TPSA) is 32.3 Å². The average Bonchev–Trinajstić information content (AvgIpc) is 2.20. The molecule has 0 bridgehead atoms. The molecule has 0 heterocycles. The maximum atomic E-state index is 11.6. The number of thioether (sulfide) groups is 1. The molecule has 2 amide bonds. The van der Waals surface area contributed by atoms with Gasteiger partial charge in [0.2, 0.25) is 0 Å². The molecular formula is C12H18N2OS. The Morgan fingerprint density at radius 1 is 1.31 bits per heavy atom. The molecule has 16 heavy (non-hydrogen) atoms. The van der Waals surface area contributed by atoms with Crippen LogP contribution >= 0.6 is 11.8 Å². The van der Waals surface area contributed by atoms with Crippen molar-refractivity contribution in [1.82, 2.24) is 4.90 Å². The van der Waals surface area contributed by atoms with Crippen LogP contribution in [0.2, 0.25) is 0 Å². The first-order valence-corrected chi connectivity index (χ1v) is 6.12. The zero-order chi connectivity index (χ0) is 12.1. The molecule has 0 aliphatic rings. The number of hydrogen-bond donors (Lipinski definition) is 1. The van der Waals surface area contributed by atoms with Crippen LogP contribution in [0.5, 0.6) is 0 Å². The van der Waals surface area contributed by atoms with Crippen LogP contribution < -0.4 is 5.32 Å². The Balaban J connectivity index is 2.82. The Bertz CT molecular complexity index is 364. The predicted molar refractivity (Wildman–Crippen MR) is 70.1 cm³/mol. The van der Waals surface area contributed by atoms with Crippen molar-refractivity contribution in [3.8, 4) is 0 Å². The zero-order valence-electron chi connectivity index (χ0n) is 10.2. The fourth-order valence-electron chi connectivity index (χ4n) is 1.15. The van der Waals surface area contributed by atoms with Crippen LogP contribution in [0.25, 0.3) is 0 Å². The number of nitrogens with one attached hydrogen (secondary N) is 1. The summed E-state index contributed by atoms with van der Waals surface area (Å²) >= 11 is 1.75. The molecule has 0 aliphatic carbocycles. The number of rotatable bonds is 3. The lowest BCUT2D eigenvalue weighted by atomic mass is 10.3. The minimum Gasteiger partial charge on any atom is -0.331 e. The number of hydrogen-bond acceptors (Lipinski definition) is 2. The number of amides is 2. The van der Waals surface area contributed by atoms with Gasteiger partial charge in [-0.15, -0.1) is 11.8 Å². The number of urea groups is 1. The van der Waals surface area contributed by atoms with Crippen LogP contribution in [-0.2, 0) is 0 Å². The van der Waals surface area contributed by atoms with E-state index in [-0.39, 0.29) is 6.03 Å². The number of carbonyl (C=O) groups is 1. The Labute approximate surface area is 101 Å². The van der Waals surface area contributed by atoms with Gasteiger partial charge < -0.3 is 10.2 Å². The summed E-state index contributed by atoms with van der Waals surface area (Å²) in [5.74, 6) is 0. The smallest absolute Gasteiger partial charge is 0.321 e. The summed E-state index contributed by atoms with van der Waals surface area (Å²) in [6.45, 7) is 4.27. The molecular weight excluding hydrogens is 220 g/mol. The van der Waals surface area contributed by atoms with Crippen molar-refractivity contribution in [2.24, 2.45) is 0 Å². The molecule has 4 heteroatoms. The first kappa shape index (κ1) is 12.9. The monoisotopic (exact) mass is 238 g/mol. The standard InChI is InChI=1S/C12H18N2OS/c1-9(2)16-11-8-6-5-7-10(11)13-12(15)14(3)4/h5-9H,1-4H3,(H,13,15). The average molecular weight is 238 g/mol. The summed E-state index contributed by atoms with van der Waals surface area (Å²) in [4.78, 5) is 14.2. The molecule has 0 radical (unpaired) electrons.